The largest absolute Gasteiger partial charge is 2.00 e. The van der Waals surface area contributed by atoms with Crippen molar-refractivity contribution in [3.8, 4) is 45.6 Å². The zero-order valence-electron chi connectivity index (χ0n) is 92.5. The molecule has 2 aliphatic rings. The number of rotatable bonds is 80. The van der Waals surface area contributed by atoms with Gasteiger partial charge in [0.05, 0.1) is 23.3 Å². The topological polar surface area (TPSA) is 106 Å². The van der Waals surface area contributed by atoms with Gasteiger partial charge in [0.15, 0.2) is 0 Å². The Morgan fingerprint density at radius 2 is 0.234 bits per heavy atom. The number of benzene rings is 4. The van der Waals surface area contributed by atoms with Gasteiger partial charge in [-0.25, -0.2) is 9.97 Å². The number of unbranched alkanes of at least 4 members (excludes halogenated alkanes) is 48. The van der Waals surface area contributed by atoms with Crippen LogP contribution in [-0.2, 0) is 119 Å². The molecule has 0 unspecified atom stereocenters. The summed E-state index contributed by atoms with van der Waals surface area (Å²) in [5, 5.41) is 5.19. The van der Waals surface area contributed by atoms with Crippen LogP contribution in [0.5, 0.6) is 0 Å². The molecule has 0 amide bonds. The van der Waals surface area contributed by atoms with Gasteiger partial charge in [-0.1, -0.05) is 419 Å². The summed E-state index contributed by atoms with van der Waals surface area (Å²) in [7, 11) is 0. The van der Waals surface area contributed by atoms with Gasteiger partial charge in [-0.15, -0.1) is 0 Å². The minimum Gasteiger partial charge on any atom is -0.357 e. The third-order valence-corrected chi connectivity index (χ3v) is 31.8. The summed E-state index contributed by atoms with van der Waals surface area (Å²) in [4.78, 5) is 52.9. The van der Waals surface area contributed by atoms with Gasteiger partial charge in [-0.05, 0) is 316 Å². The molecule has 3 aromatic heterocycles. The summed E-state index contributed by atoms with van der Waals surface area (Å²) in [6.07, 6.45) is 95.0. The van der Waals surface area contributed by atoms with E-state index in [4.69, 9.17) is 39.9 Å². The van der Waals surface area contributed by atoms with Gasteiger partial charge in [-0.2, -0.15) is 0 Å². The van der Waals surface area contributed by atoms with Crippen molar-refractivity contribution in [3.63, 3.8) is 0 Å². The number of fused-ring (bicyclic) bond motifs is 20. The van der Waals surface area contributed by atoms with Crippen LogP contribution in [0.3, 0.4) is 0 Å². The molecule has 0 spiro atoms. The predicted molar refractivity (Wildman–Crippen MR) is 600 cm³/mol. The average molecular weight is 1920 g/mol. The summed E-state index contributed by atoms with van der Waals surface area (Å²) in [5.41, 5.74) is 34.1. The fourth-order valence-corrected chi connectivity index (χ4v) is 24.0. The molecule has 2 aliphatic heterocycles. The van der Waals surface area contributed by atoms with Gasteiger partial charge >= 0.3 is 16.5 Å². The third-order valence-electron chi connectivity index (χ3n) is 31.8. The maximum absolute atomic E-state index is 6.70. The Labute approximate surface area is 853 Å². The summed E-state index contributed by atoms with van der Waals surface area (Å²) >= 11 is 0. The van der Waals surface area contributed by atoms with E-state index in [2.05, 4.69) is 111 Å². The van der Waals surface area contributed by atoms with Crippen molar-refractivity contribution in [2.75, 3.05) is 0 Å². The van der Waals surface area contributed by atoms with Crippen LogP contribution in [0.15, 0.2) is 0 Å². The van der Waals surface area contributed by atoms with Gasteiger partial charge in [0.25, 0.3) is 0 Å². The molecule has 0 saturated carbocycles. The Balaban J connectivity index is 0.0000230. The first-order chi connectivity index (χ1) is 67.0. The normalized spacial score (nSPS) is 12.0. The van der Waals surface area contributed by atoms with E-state index in [1.807, 2.05) is 0 Å². The number of nitrogens with zero attached hydrogens (tertiary/aromatic N) is 8. The molecule has 9 rings (SSSR count). The van der Waals surface area contributed by atoms with Crippen molar-refractivity contribution in [2.24, 2.45) is 0 Å². The molecule has 770 valence electrons. The number of aromatic nitrogens is 8. The predicted octanol–water partition coefficient (Wildman–Crippen LogP) is 40.1. The van der Waals surface area contributed by atoms with E-state index in [0.717, 1.165) is 200 Å². The minimum absolute atomic E-state index is 0. The fraction of sp³-hybridized carbons (Fsp3) is 0.750. The van der Waals surface area contributed by atoms with Crippen LogP contribution < -0.4 is 9.97 Å². The summed E-state index contributed by atoms with van der Waals surface area (Å²) in [5.74, 6) is 3.44. The molecule has 7 aromatic rings. The molecule has 0 atom stereocenters. The molecule has 137 heavy (non-hydrogen) atoms. The number of aryl methyl sites for hydroxylation is 4. The second kappa shape index (κ2) is 68.9. The smallest absolute Gasteiger partial charge is 0.357 e. The number of hydrogen-bond donors (Lipinski definition) is 0. The van der Waals surface area contributed by atoms with E-state index in [-0.39, 0.29) is 16.5 Å². The third kappa shape index (κ3) is 34.5. The first-order valence-electron chi connectivity index (χ1n) is 60.5. The van der Waals surface area contributed by atoms with Crippen molar-refractivity contribution in [1.82, 2.24) is 39.9 Å². The van der Waals surface area contributed by atoms with E-state index in [0.29, 0.717) is 0 Å². The Morgan fingerprint density at radius 3 is 0.358 bits per heavy atom. The maximum Gasteiger partial charge on any atom is 2.00 e. The van der Waals surface area contributed by atoms with Crippen molar-refractivity contribution in [2.45, 2.75) is 624 Å². The molecular weight excluding hydrogens is 1710 g/mol. The van der Waals surface area contributed by atoms with Crippen molar-refractivity contribution < 1.29 is 16.5 Å². The first-order valence-corrected chi connectivity index (χ1v) is 60.5. The van der Waals surface area contributed by atoms with Crippen LogP contribution >= 0.6 is 0 Å². The van der Waals surface area contributed by atoms with E-state index in [9.17, 15) is 0 Å². The Hall–Kier alpha value is -5.27. The van der Waals surface area contributed by atoms with Crippen LogP contribution in [0.1, 0.15) is 611 Å². The quantitative estimate of drug-likeness (QED) is 0.0274. The maximum atomic E-state index is 6.70. The molecule has 0 radical (unpaired) electrons. The first kappa shape index (κ1) is 117. The van der Waals surface area contributed by atoms with Crippen molar-refractivity contribution in [3.05, 3.63) is 89.0 Å². The minimum atomic E-state index is 0. The van der Waals surface area contributed by atoms with Gasteiger partial charge in [0, 0.05) is 44.8 Å². The standard InChI is InChI=1S/C128H208N8.Ni/c1-17-33-49-65-81-97-98(82-66-50-34-18-2)106(90-74-58-42-26-10)114-113(105(97)89-73-57-41-25-9)121-129-122(114)134-124-117-109(93-77-61-45-29-13)101(85-69-53-37-21-5)102(86-70-54-38-22-6)110(94-78-62-46-30-14)118(117)126(131-124)136-128-120-112(96-80-64-48-32-16)104(88-72-56-40-24-8)103(87-71-55-39-23-7)111(95-79-63-47-31-15)119(120)127(132-128)135-125-116-108(92-76-60-44-28-12)100(84-68-52-36-20-4)99(83-67-51-35-19-3)107(91-75-59-43-27-11)115(116)123(130-125)133-121;/h17-96H2,1-16H3;/q-2;+2. The van der Waals surface area contributed by atoms with Crippen LogP contribution in [0.2, 0.25) is 0 Å². The molecule has 0 N–H and O–H groups in total. The molecule has 8 bridgehead atoms. The molecule has 5 heterocycles. The van der Waals surface area contributed by atoms with E-state index >= 15 is 0 Å². The van der Waals surface area contributed by atoms with Gasteiger partial charge < -0.3 is 29.9 Å². The van der Waals surface area contributed by atoms with Crippen LogP contribution in [0.25, 0.3) is 89.7 Å². The van der Waals surface area contributed by atoms with Gasteiger partial charge in [0.2, 0.25) is 0 Å². The second-order valence-electron chi connectivity index (χ2n) is 43.1. The Morgan fingerprint density at radius 1 is 0.124 bits per heavy atom. The zero-order chi connectivity index (χ0) is 96.7. The van der Waals surface area contributed by atoms with Crippen LogP contribution in [0, 0.1) is 0 Å². The van der Waals surface area contributed by atoms with Gasteiger partial charge in [0.1, 0.15) is 0 Å². The molecule has 8 nitrogen and oxygen atoms in total. The zero-order valence-corrected chi connectivity index (χ0v) is 93.5. The monoisotopic (exact) mass is 1920 g/mol. The van der Waals surface area contributed by atoms with E-state index in [1.54, 1.807) is 44.5 Å². The summed E-state index contributed by atoms with van der Waals surface area (Å²) < 4.78 is 0. The Bertz CT molecular complexity index is 4140. The van der Waals surface area contributed by atoms with Crippen LogP contribution in [0.4, 0.5) is 0 Å². The number of hydrogen-bond acceptors (Lipinski definition) is 6. The molecular formula is C128H208N8Ni. The summed E-state index contributed by atoms with van der Waals surface area (Å²) in [6.45, 7) is 38.6. The van der Waals surface area contributed by atoms with Crippen molar-refractivity contribution in [1.29, 1.82) is 0 Å². The molecule has 0 fully saturated rings. The SMILES string of the molecule is CCCCCCc1c(CCCCCC)c(CCCCCC)c2c(c1CCCCCC)-c1nc-2nc2[n-]c(nc3nc(nc4[n-]c(n1)c1c(CCCCCC)c(CCCCCC)c(CCCCCC)c(CCCCCC)c41)-c1c(CCCCCC)c(CCCCCC)c(CCCCCC)c(CCCCCC)c1-3)c1c(CCCCCC)c(CCCCCC)c(CCCCCC)c(CCCCCC)c21.[Ni+2]. The van der Waals surface area contributed by atoms with E-state index < -0.39 is 0 Å². The van der Waals surface area contributed by atoms with Crippen LogP contribution in [-0.4, -0.2) is 29.9 Å². The summed E-state index contributed by atoms with van der Waals surface area (Å²) in [6, 6.07) is 0. The van der Waals surface area contributed by atoms with Crippen molar-refractivity contribution >= 4 is 44.1 Å². The van der Waals surface area contributed by atoms with E-state index in [1.165, 1.54) is 448 Å². The molecule has 0 saturated heterocycles. The molecule has 4 aromatic carbocycles. The fourth-order valence-electron chi connectivity index (χ4n) is 24.0. The molecule has 0 aliphatic carbocycles. The average Bonchev–Trinajstić information content (AvgIpc) is 1.54. The molecule has 9 heteroatoms. The second-order valence-corrected chi connectivity index (χ2v) is 43.1. The van der Waals surface area contributed by atoms with Gasteiger partial charge in [-0.3, -0.25) is 0 Å². The Kier molecular flexibility index (Phi) is 58.8.